The molecule has 0 aliphatic heterocycles. The van der Waals surface area contributed by atoms with Crippen molar-refractivity contribution in [3.63, 3.8) is 0 Å². The van der Waals surface area contributed by atoms with E-state index in [9.17, 15) is 0 Å². The van der Waals surface area contributed by atoms with Gasteiger partial charge in [0.2, 0.25) is 10.9 Å². The number of thiazole rings is 1. The Labute approximate surface area is 103 Å². The molecule has 4 nitrogen and oxygen atoms in total. The number of nitrogens with two attached hydrogens (primary N) is 1. The standard InChI is InChI=1S/C12H12N4S/c1-7-3-5-9(6-4-7)10-8(2)17-12-14-11(13)15-16(10)12/h3-6H,1-2H3,(H2,13,15). The smallest absolute Gasteiger partial charge is 0.241 e. The molecule has 0 unspecified atom stereocenters. The molecule has 0 aliphatic carbocycles. The van der Waals surface area contributed by atoms with Gasteiger partial charge in [-0.1, -0.05) is 41.2 Å². The van der Waals surface area contributed by atoms with E-state index < -0.39 is 0 Å². The third kappa shape index (κ3) is 1.59. The van der Waals surface area contributed by atoms with Gasteiger partial charge in [0.05, 0.1) is 5.69 Å². The lowest BCUT2D eigenvalue weighted by molar-refractivity contribution is 0.987. The first-order chi connectivity index (χ1) is 8.15. The molecule has 0 radical (unpaired) electrons. The molecule has 2 aromatic heterocycles. The van der Waals surface area contributed by atoms with Crippen LogP contribution in [0.15, 0.2) is 24.3 Å². The van der Waals surface area contributed by atoms with Gasteiger partial charge >= 0.3 is 0 Å². The first-order valence-electron chi connectivity index (χ1n) is 5.34. The van der Waals surface area contributed by atoms with E-state index in [1.807, 2.05) is 4.52 Å². The monoisotopic (exact) mass is 244 g/mol. The zero-order chi connectivity index (χ0) is 12.0. The lowest BCUT2D eigenvalue weighted by Gasteiger charge is -2.01. The van der Waals surface area contributed by atoms with E-state index in [0.29, 0.717) is 5.95 Å². The van der Waals surface area contributed by atoms with Crippen LogP contribution in [0, 0.1) is 13.8 Å². The van der Waals surface area contributed by atoms with E-state index in [4.69, 9.17) is 5.73 Å². The first kappa shape index (κ1) is 10.3. The van der Waals surface area contributed by atoms with Crippen molar-refractivity contribution >= 4 is 22.2 Å². The molecule has 0 saturated heterocycles. The summed E-state index contributed by atoms with van der Waals surface area (Å²) < 4.78 is 1.82. The minimum atomic E-state index is 0.324. The number of aromatic nitrogens is 3. The lowest BCUT2D eigenvalue weighted by Crippen LogP contribution is -1.92. The van der Waals surface area contributed by atoms with Crippen molar-refractivity contribution in [2.45, 2.75) is 13.8 Å². The minimum absolute atomic E-state index is 0.324. The SMILES string of the molecule is Cc1ccc(-c2c(C)sc3nc(N)nn23)cc1. The van der Waals surface area contributed by atoms with Gasteiger partial charge < -0.3 is 5.73 Å². The number of aryl methyl sites for hydroxylation is 2. The molecule has 0 amide bonds. The molecule has 2 heterocycles. The Morgan fingerprint density at radius 2 is 1.88 bits per heavy atom. The third-order valence-corrected chi connectivity index (χ3v) is 3.65. The highest BCUT2D eigenvalue weighted by Crippen LogP contribution is 2.30. The Bertz CT molecular complexity index is 678. The van der Waals surface area contributed by atoms with Crippen LogP contribution in [0.4, 0.5) is 5.95 Å². The molecule has 2 N–H and O–H groups in total. The molecule has 0 fully saturated rings. The largest absolute Gasteiger partial charge is 0.366 e. The molecule has 0 spiro atoms. The van der Waals surface area contributed by atoms with Crippen LogP contribution < -0.4 is 5.73 Å². The van der Waals surface area contributed by atoms with Crippen molar-refractivity contribution in [1.82, 2.24) is 14.6 Å². The maximum absolute atomic E-state index is 5.62. The van der Waals surface area contributed by atoms with Crippen molar-refractivity contribution in [3.8, 4) is 11.3 Å². The maximum atomic E-state index is 5.62. The quantitative estimate of drug-likeness (QED) is 0.716. The molecule has 5 heteroatoms. The number of hydrogen-bond donors (Lipinski definition) is 1. The molecule has 86 valence electrons. The van der Waals surface area contributed by atoms with Crippen molar-refractivity contribution in [2.24, 2.45) is 0 Å². The third-order valence-electron chi connectivity index (χ3n) is 2.71. The van der Waals surface area contributed by atoms with Crippen LogP contribution in [-0.2, 0) is 0 Å². The summed E-state index contributed by atoms with van der Waals surface area (Å²) in [4.78, 5) is 6.23. The predicted octanol–water partition coefficient (Wildman–Crippen LogP) is 2.66. The number of nitrogen functional groups attached to an aromatic ring is 1. The molecule has 0 atom stereocenters. The van der Waals surface area contributed by atoms with Crippen LogP contribution in [0.1, 0.15) is 10.4 Å². The summed E-state index contributed by atoms with van der Waals surface area (Å²) in [6.07, 6.45) is 0. The fraction of sp³-hybridized carbons (Fsp3) is 0.167. The second-order valence-corrected chi connectivity index (χ2v) is 5.22. The lowest BCUT2D eigenvalue weighted by atomic mass is 10.1. The highest BCUT2D eigenvalue weighted by atomic mass is 32.1. The molecule has 0 saturated carbocycles. The Kier molecular flexibility index (Phi) is 2.16. The zero-order valence-electron chi connectivity index (χ0n) is 9.64. The number of rotatable bonds is 1. The van der Waals surface area contributed by atoms with Gasteiger partial charge in [0.25, 0.3) is 0 Å². The summed E-state index contributed by atoms with van der Waals surface area (Å²) in [6.45, 7) is 4.15. The minimum Gasteiger partial charge on any atom is -0.366 e. The van der Waals surface area contributed by atoms with Crippen LogP contribution in [-0.4, -0.2) is 14.6 Å². The van der Waals surface area contributed by atoms with E-state index in [1.165, 1.54) is 10.4 Å². The molecule has 3 aromatic rings. The van der Waals surface area contributed by atoms with Gasteiger partial charge in [0.1, 0.15) is 0 Å². The van der Waals surface area contributed by atoms with E-state index in [1.54, 1.807) is 11.3 Å². The molecular formula is C12H12N4S. The van der Waals surface area contributed by atoms with Crippen molar-refractivity contribution in [3.05, 3.63) is 34.7 Å². The normalized spacial score (nSPS) is 11.2. The highest BCUT2D eigenvalue weighted by Gasteiger charge is 2.13. The summed E-state index contributed by atoms with van der Waals surface area (Å²) in [5.41, 5.74) is 9.09. The predicted molar refractivity (Wildman–Crippen MR) is 70.2 cm³/mol. The first-order valence-corrected chi connectivity index (χ1v) is 6.15. The molecule has 0 aliphatic rings. The summed E-state index contributed by atoms with van der Waals surface area (Å²) in [7, 11) is 0. The summed E-state index contributed by atoms with van der Waals surface area (Å²) >= 11 is 1.61. The Hall–Kier alpha value is -1.88. The average molecular weight is 244 g/mol. The zero-order valence-corrected chi connectivity index (χ0v) is 10.5. The van der Waals surface area contributed by atoms with Crippen LogP contribution >= 0.6 is 11.3 Å². The van der Waals surface area contributed by atoms with Gasteiger partial charge in [-0.3, -0.25) is 0 Å². The van der Waals surface area contributed by atoms with E-state index >= 15 is 0 Å². The van der Waals surface area contributed by atoms with E-state index in [2.05, 4.69) is 48.2 Å². The number of nitrogens with zero attached hydrogens (tertiary/aromatic N) is 3. The Balaban J connectivity index is 2.28. The fourth-order valence-corrected chi connectivity index (χ4v) is 2.83. The fourth-order valence-electron chi connectivity index (χ4n) is 1.90. The number of fused-ring (bicyclic) bond motifs is 1. The number of anilines is 1. The molecule has 17 heavy (non-hydrogen) atoms. The molecular weight excluding hydrogens is 232 g/mol. The van der Waals surface area contributed by atoms with Gasteiger partial charge in [-0.25, -0.2) is 4.52 Å². The van der Waals surface area contributed by atoms with Gasteiger partial charge in [-0.2, -0.15) is 4.98 Å². The van der Waals surface area contributed by atoms with Crippen LogP contribution in [0.2, 0.25) is 0 Å². The van der Waals surface area contributed by atoms with Gasteiger partial charge in [0.15, 0.2) is 0 Å². The molecule has 0 bridgehead atoms. The molecule has 1 aromatic carbocycles. The van der Waals surface area contributed by atoms with Crippen molar-refractivity contribution in [1.29, 1.82) is 0 Å². The van der Waals surface area contributed by atoms with Gasteiger partial charge in [-0.15, -0.1) is 5.10 Å². The van der Waals surface area contributed by atoms with Crippen LogP contribution in [0.5, 0.6) is 0 Å². The summed E-state index contributed by atoms with van der Waals surface area (Å²) in [5.74, 6) is 0.324. The van der Waals surface area contributed by atoms with Gasteiger partial charge in [0, 0.05) is 10.4 Å². The van der Waals surface area contributed by atoms with Gasteiger partial charge in [-0.05, 0) is 13.8 Å². The highest BCUT2D eigenvalue weighted by molar-refractivity contribution is 7.17. The Morgan fingerprint density at radius 3 is 2.59 bits per heavy atom. The Morgan fingerprint density at radius 1 is 1.18 bits per heavy atom. The second-order valence-electron chi connectivity index (χ2n) is 4.04. The number of benzene rings is 1. The summed E-state index contributed by atoms with van der Waals surface area (Å²) in [6, 6.07) is 8.39. The van der Waals surface area contributed by atoms with Crippen LogP contribution in [0.3, 0.4) is 0 Å². The van der Waals surface area contributed by atoms with Crippen molar-refractivity contribution in [2.75, 3.05) is 5.73 Å². The van der Waals surface area contributed by atoms with Crippen LogP contribution in [0.25, 0.3) is 16.2 Å². The van der Waals surface area contributed by atoms with E-state index in [0.717, 1.165) is 16.2 Å². The average Bonchev–Trinajstić information content (AvgIpc) is 2.75. The summed E-state index contributed by atoms with van der Waals surface area (Å²) in [5, 5.41) is 4.23. The topological polar surface area (TPSA) is 56.2 Å². The molecule has 3 rings (SSSR count). The van der Waals surface area contributed by atoms with E-state index in [-0.39, 0.29) is 0 Å². The number of hydrogen-bond acceptors (Lipinski definition) is 4. The van der Waals surface area contributed by atoms with Crippen molar-refractivity contribution < 1.29 is 0 Å². The maximum Gasteiger partial charge on any atom is 0.241 e. The second kappa shape index (κ2) is 3.56.